The number of hydrogen-bond donors (Lipinski definition) is 4. The summed E-state index contributed by atoms with van der Waals surface area (Å²) in [6, 6.07) is 6.94. The highest BCUT2D eigenvalue weighted by Crippen LogP contribution is 2.51. The summed E-state index contributed by atoms with van der Waals surface area (Å²) in [7, 11) is 0. The number of hydrogen-bond acceptors (Lipinski definition) is 6. The van der Waals surface area contributed by atoms with Crippen molar-refractivity contribution in [2.24, 2.45) is 11.1 Å². The van der Waals surface area contributed by atoms with Crippen LogP contribution in [-0.4, -0.2) is 54.7 Å². The van der Waals surface area contributed by atoms with E-state index in [2.05, 4.69) is 16.7 Å². The third-order valence-corrected chi connectivity index (χ3v) is 9.69. The van der Waals surface area contributed by atoms with Gasteiger partial charge in [-0.3, -0.25) is 4.79 Å². The zero-order valence-corrected chi connectivity index (χ0v) is 25.9. The van der Waals surface area contributed by atoms with E-state index in [1.54, 1.807) is 6.07 Å². The SMILES string of the molecule is CC1(C)OC[C@H](CCNC(=O)[C@@H]2N[C@@H](CC3(CO)CC=CCC3)[C@](N)(c3ccc(Cl)cc3F)[C@H]2c2cccc(Cl)c2F)O1. The van der Waals surface area contributed by atoms with Crippen LogP contribution in [0.4, 0.5) is 8.78 Å². The molecule has 2 heterocycles. The molecule has 2 aromatic carbocycles. The minimum atomic E-state index is -1.63. The summed E-state index contributed by atoms with van der Waals surface area (Å²) >= 11 is 12.3. The van der Waals surface area contributed by atoms with Crippen LogP contribution in [0, 0.1) is 17.0 Å². The second-order valence-electron chi connectivity index (χ2n) is 12.5. The lowest BCUT2D eigenvalue weighted by Gasteiger charge is -2.42. The molecule has 234 valence electrons. The summed E-state index contributed by atoms with van der Waals surface area (Å²) in [4.78, 5) is 13.9. The zero-order chi connectivity index (χ0) is 31.0. The summed E-state index contributed by atoms with van der Waals surface area (Å²) in [6.07, 6.45) is 6.74. The van der Waals surface area contributed by atoms with Crippen LogP contribution in [0.3, 0.4) is 0 Å². The van der Waals surface area contributed by atoms with Gasteiger partial charge in [0.2, 0.25) is 5.91 Å². The number of benzene rings is 2. The van der Waals surface area contributed by atoms with Crippen molar-refractivity contribution in [3.8, 4) is 0 Å². The number of ether oxygens (including phenoxy) is 2. The fourth-order valence-corrected chi connectivity index (χ4v) is 7.27. The molecule has 2 aliphatic heterocycles. The van der Waals surface area contributed by atoms with E-state index in [9.17, 15) is 9.90 Å². The Bertz CT molecular complexity index is 1380. The van der Waals surface area contributed by atoms with E-state index in [1.807, 2.05) is 19.9 Å². The molecule has 0 saturated carbocycles. The second-order valence-corrected chi connectivity index (χ2v) is 13.3. The van der Waals surface area contributed by atoms with Crippen molar-refractivity contribution in [2.45, 2.75) is 81.4 Å². The van der Waals surface area contributed by atoms with Gasteiger partial charge < -0.3 is 30.9 Å². The molecule has 3 aliphatic rings. The van der Waals surface area contributed by atoms with Gasteiger partial charge >= 0.3 is 0 Å². The molecule has 2 fully saturated rings. The van der Waals surface area contributed by atoms with Crippen LogP contribution in [0.15, 0.2) is 48.6 Å². The van der Waals surface area contributed by atoms with Crippen LogP contribution in [0.1, 0.15) is 63.0 Å². The van der Waals surface area contributed by atoms with Gasteiger partial charge in [0.1, 0.15) is 11.6 Å². The average Bonchev–Trinajstić information content (AvgIpc) is 3.46. The normalized spacial score (nSPS) is 31.8. The highest BCUT2D eigenvalue weighted by molar-refractivity contribution is 6.31. The molecule has 2 saturated heterocycles. The van der Waals surface area contributed by atoms with Gasteiger partial charge in [0.25, 0.3) is 0 Å². The fourth-order valence-electron chi connectivity index (χ4n) is 6.93. The molecule has 0 spiro atoms. The van der Waals surface area contributed by atoms with E-state index in [-0.39, 0.29) is 40.4 Å². The highest BCUT2D eigenvalue weighted by Gasteiger charge is 2.59. The molecule has 5 N–H and O–H groups in total. The number of halogens is 4. The summed E-state index contributed by atoms with van der Waals surface area (Å²) in [5, 5.41) is 16.9. The molecule has 1 amide bonds. The lowest BCUT2D eigenvalue weighted by molar-refractivity contribution is -0.138. The summed E-state index contributed by atoms with van der Waals surface area (Å²) in [5.74, 6) is -3.57. The largest absolute Gasteiger partial charge is 0.396 e. The minimum absolute atomic E-state index is 0.0900. The Hall–Kier alpha value is -2.11. The summed E-state index contributed by atoms with van der Waals surface area (Å²) in [5.41, 5.74) is 5.31. The Morgan fingerprint density at radius 2 is 2.00 bits per heavy atom. The third-order valence-electron chi connectivity index (χ3n) is 9.17. The Kier molecular flexibility index (Phi) is 9.55. The van der Waals surface area contributed by atoms with E-state index >= 15 is 8.78 Å². The van der Waals surface area contributed by atoms with Gasteiger partial charge in [0, 0.05) is 35.7 Å². The lowest BCUT2D eigenvalue weighted by atomic mass is 9.65. The third kappa shape index (κ3) is 6.50. The second kappa shape index (κ2) is 12.7. The number of carbonyl (C=O) groups excluding carboxylic acids is 1. The van der Waals surface area contributed by atoms with Crippen molar-refractivity contribution >= 4 is 29.1 Å². The summed E-state index contributed by atoms with van der Waals surface area (Å²) < 4.78 is 43.1. The molecule has 0 bridgehead atoms. The van der Waals surface area contributed by atoms with Gasteiger partial charge in [-0.1, -0.05) is 53.6 Å². The van der Waals surface area contributed by atoms with E-state index < -0.39 is 52.3 Å². The topological polar surface area (TPSA) is 106 Å². The van der Waals surface area contributed by atoms with E-state index in [0.29, 0.717) is 32.3 Å². The molecular weight excluding hydrogens is 599 g/mol. The van der Waals surface area contributed by atoms with Crippen LogP contribution in [-0.2, 0) is 19.8 Å². The lowest BCUT2D eigenvalue weighted by Crippen LogP contribution is -2.53. The van der Waals surface area contributed by atoms with Crippen molar-refractivity contribution in [1.82, 2.24) is 10.6 Å². The Labute approximate surface area is 261 Å². The first-order valence-electron chi connectivity index (χ1n) is 14.7. The molecule has 43 heavy (non-hydrogen) atoms. The first-order valence-corrected chi connectivity index (χ1v) is 15.4. The standard InChI is InChI=1S/C32H39Cl2F2N3O4/c1-30(2)42-17-20(43-30)11-14-38-29(41)28-26(21-7-6-8-23(34)27(21)36)32(37,22-10-9-19(33)15-24(22)35)25(39-28)16-31(18-40)12-4-3-5-13-31/h3-4,6-10,15,20,25-26,28,39-40H,5,11-14,16-18,37H2,1-2H3,(H,38,41)/t20-,25-,26-,28+,31?,32+/m0/s1. The van der Waals surface area contributed by atoms with Crippen LogP contribution in [0.2, 0.25) is 10.0 Å². The maximum atomic E-state index is 15.8. The number of aliphatic hydroxyl groups is 1. The number of rotatable bonds is 9. The molecule has 1 unspecified atom stereocenters. The quantitative estimate of drug-likeness (QED) is 0.278. The molecule has 0 radical (unpaired) electrons. The van der Waals surface area contributed by atoms with Crippen molar-refractivity contribution in [3.05, 3.63) is 81.4 Å². The molecule has 6 atom stereocenters. The van der Waals surface area contributed by atoms with E-state index in [0.717, 1.165) is 12.5 Å². The van der Waals surface area contributed by atoms with Gasteiger partial charge in [-0.25, -0.2) is 8.78 Å². The van der Waals surface area contributed by atoms with Gasteiger partial charge in [-0.15, -0.1) is 0 Å². The maximum absolute atomic E-state index is 15.8. The fraction of sp³-hybridized carbons (Fsp3) is 0.531. The van der Waals surface area contributed by atoms with Gasteiger partial charge in [-0.2, -0.15) is 0 Å². The molecular formula is C32H39Cl2F2N3O4. The number of carbonyl (C=O) groups is 1. The zero-order valence-electron chi connectivity index (χ0n) is 24.3. The van der Waals surface area contributed by atoms with Gasteiger partial charge in [0.15, 0.2) is 5.79 Å². The van der Waals surface area contributed by atoms with Crippen molar-refractivity contribution < 1.29 is 28.2 Å². The molecule has 11 heteroatoms. The van der Waals surface area contributed by atoms with Crippen LogP contribution < -0.4 is 16.4 Å². The Balaban J connectivity index is 1.55. The van der Waals surface area contributed by atoms with Crippen LogP contribution in [0.5, 0.6) is 0 Å². The molecule has 0 aromatic heterocycles. The number of amides is 1. The monoisotopic (exact) mass is 637 g/mol. The van der Waals surface area contributed by atoms with E-state index in [1.165, 1.54) is 24.3 Å². The first-order chi connectivity index (χ1) is 20.4. The Morgan fingerprint density at radius 3 is 2.65 bits per heavy atom. The number of aliphatic hydroxyl groups excluding tert-OH is 1. The molecule has 5 rings (SSSR count). The molecule has 2 aromatic rings. The first kappa shape index (κ1) is 32.3. The van der Waals surface area contributed by atoms with Gasteiger partial charge in [-0.05, 0) is 75.1 Å². The number of nitrogens with two attached hydrogens (primary N) is 1. The Morgan fingerprint density at radius 1 is 1.21 bits per heavy atom. The van der Waals surface area contributed by atoms with E-state index in [4.69, 9.17) is 38.4 Å². The predicted octanol–water partition coefficient (Wildman–Crippen LogP) is 5.32. The molecule has 7 nitrogen and oxygen atoms in total. The van der Waals surface area contributed by atoms with Crippen LogP contribution >= 0.6 is 23.2 Å². The number of nitrogens with one attached hydrogen (secondary N) is 2. The molecule has 1 aliphatic carbocycles. The van der Waals surface area contributed by atoms with Crippen molar-refractivity contribution in [1.29, 1.82) is 0 Å². The highest BCUT2D eigenvalue weighted by atomic mass is 35.5. The van der Waals surface area contributed by atoms with Crippen LogP contribution in [0.25, 0.3) is 0 Å². The summed E-state index contributed by atoms with van der Waals surface area (Å²) in [6.45, 7) is 4.21. The maximum Gasteiger partial charge on any atom is 0.237 e. The predicted molar refractivity (Wildman–Crippen MR) is 162 cm³/mol. The number of allylic oxidation sites excluding steroid dienone is 2. The smallest absolute Gasteiger partial charge is 0.237 e. The average molecular weight is 639 g/mol. The van der Waals surface area contributed by atoms with Crippen molar-refractivity contribution in [3.63, 3.8) is 0 Å². The van der Waals surface area contributed by atoms with Gasteiger partial charge in [0.05, 0.1) is 29.3 Å². The van der Waals surface area contributed by atoms with Crippen molar-refractivity contribution in [2.75, 3.05) is 19.8 Å². The minimum Gasteiger partial charge on any atom is -0.396 e.